The highest BCUT2D eigenvalue weighted by Gasteiger charge is 1.78. The SMILES string of the molecule is CC1=C=CCC#C1. The molecule has 1 aliphatic carbocycles. The predicted molar refractivity (Wildman–Crippen MR) is 29.7 cm³/mol. The van der Waals surface area contributed by atoms with Crippen LogP contribution in [0.2, 0.25) is 0 Å². The summed E-state index contributed by atoms with van der Waals surface area (Å²) in [6, 6.07) is 0. The van der Waals surface area contributed by atoms with E-state index >= 15 is 0 Å². The van der Waals surface area contributed by atoms with Crippen LogP contribution in [-0.2, 0) is 0 Å². The van der Waals surface area contributed by atoms with E-state index in [-0.39, 0.29) is 0 Å². The number of hydrogen-bond acceptors (Lipinski definition) is 0. The lowest BCUT2D eigenvalue weighted by Gasteiger charge is -1.82. The van der Waals surface area contributed by atoms with Crippen LogP contribution in [0.4, 0.5) is 0 Å². The summed E-state index contributed by atoms with van der Waals surface area (Å²) in [7, 11) is 0. The molecule has 7 heavy (non-hydrogen) atoms. The van der Waals surface area contributed by atoms with Gasteiger partial charge in [-0.05, 0) is 13.0 Å². The molecule has 0 unspecified atom stereocenters. The summed E-state index contributed by atoms with van der Waals surface area (Å²) >= 11 is 0. The monoisotopic (exact) mass is 90.0 g/mol. The minimum Gasteiger partial charge on any atom is -0.112 e. The Morgan fingerprint density at radius 3 is 2.86 bits per heavy atom. The van der Waals surface area contributed by atoms with Crippen molar-refractivity contribution in [3.8, 4) is 11.8 Å². The van der Waals surface area contributed by atoms with Crippen LogP contribution < -0.4 is 0 Å². The van der Waals surface area contributed by atoms with Gasteiger partial charge in [0.2, 0.25) is 0 Å². The third-order valence-corrected chi connectivity index (χ3v) is 0.799. The molecule has 0 radical (unpaired) electrons. The van der Waals surface area contributed by atoms with Crippen LogP contribution >= 0.6 is 0 Å². The average molecular weight is 90.1 g/mol. The van der Waals surface area contributed by atoms with Gasteiger partial charge in [0, 0.05) is 12.0 Å². The van der Waals surface area contributed by atoms with Crippen LogP contribution in [0.1, 0.15) is 13.3 Å². The summed E-state index contributed by atoms with van der Waals surface area (Å²) in [6.45, 7) is 1.96. The van der Waals surface area contributed by atoms with Crippen molar-refractivity contribution in [2.75, 3.05) is 0 Å². The number of allylic oxidation sites excluding steroid dienone is 1. The number of rotatable bonds is 0. The van der Waals surface area contributed by atoms with Crippen LogP contribution in [0.3, 0.4) is 0 Å². The predicted octanol–water partition coefficient (Wildman–Crippen LogP) is 1.49. The fraction of sp³-hybridized carbons (Fsp3) is 0.286. The van der Waals surface area contributed by atoms with E-state index in [1.165, 1.54) is 0 Å². The smallest absolute Gasteiger partial charge is 0.0404 e. The maximum absolute atomic E-state index is 3.00. The van der Waals surface area contributed by atoms with E-state index in [0.29, 0.717) is 0 Å². The molecule has 34 valence electrons. The molecule has 0 atom stereocenters. The first-order chi connectivity index (χ1) is 3.39. The lowest BCUT2D eigenvalue weighted by Crippen LogP contribution is -1.69. The molecule has 0 fully saturated rings. The summed E-state index contributed by atoms with van der Waals surface area (Å²) in [4.78, 5) is 0. The van der Waals surface area contributed by atoms with Gasteiger partial charge in [0.05, 0.1) is 0 Å². The molecule has 0 spiro atoms. The fourth-order valence-corrected chi connectivity index (χ4v) is 0.475. The van der Waals surface area contributed by atoms with Crippen LogP contribution in [-0.4, -0.2) is 0 Å². The molecule has 0 amide bonds. The zero-order chi connectivity index (χ0) is 5.11. The molecule has 0 saturated carbocycles. The zero-order valence-electron chi connectivity index (χ0n) is 4.28. The molecule has 0 aromatic carbocycles. The lowest BCUT2D eigenvalue weighted by molar-refractivity contribution is 1.42. The standard InChI is InChI=1S/C7H6/c1-7-5-3-2-4-6-7/h3H,2H2,1H3. The third-order valence-electron chi connectivity index (χ3n) is 0.799. The molecule has 0 nitrogen and oxygen atoms in total. The van der Waals surface area contributed by atoms with E-state index in [0.717, 1.165) is 12.0 Å². The van der Waals surface area contributed by atoms with E-state index in [4.69, 9.17) is 0 Å². The van der Waals surface area contributed by atoms with Gasteiger partial charge in [-0.2, -0.15) is 0 Å². The highest BCUT2D eigenvalue weighted by atomic mass is 13.8. The van der Waals surface area contributed by atoms with Crippen LogP contribution in [0.15, 0.2) is 17.4 Å². The second-order valence-corrected chi connectivity index (χ2v) is 1.48. The second-order valence-electron chi connectivity index (χ2n) is 1.48. The number of hydrogen-bond donors (Lipinski definition) is 0. The van der Waals surface area contributed by atoms with Crippen molar-refractivity contribution in [1.82, 2.24) is 0 Å². The minimum absolute atomic E-state index is 0.872. The van der Waals surface area contributed by atoms with Gasteiger partial charge in [0.1, 0.15) is 0 Å². The Balaban J connectivity index is 2.97. The maximum atomic E-state index is 3.00. The summed E-state index contributed by atoms with van der Waals surface area (Å²) in [6.07, 6.45) is 2.82. The summed E-state index contributed by atoms with van der Waals surface area (Å²) in [5, 5.41) is 0. The Hall–Kier alpha value is -0.920. The topological polar surface area (TPSA) is 0 Å². The van der Waals surface area contributed by atoms with Gasteiger partial charge in [-0.25, -0.2) is 0 Å². The van der Waals surface area contributed by atoms with E-state index in [9.17, 15) is 0 Å². The Kier molecular flexibility index (Phi) is 1.02. The van der Waals surface area contributed by atoms with Crippen LogP contribution in [0, 0.1) is 11.8 Å². The first-order valence-corrected chi connectivity index (χ1v) is 2.30. The van der Waals surface area contributed by atoms with Crippen molar-refractivity contribution in [3.05, 3.63) is 17.4 Å². The molecular formula is C7H6. The molecule has 1 aliphatic rings. The van der Waals surface area contributed by atoms with Gasteiger partial charge < -0.3 is 0 Å². The Bertz CT molecular complexity index is 180. The van der Waals surface area contributed by atoms with E-state index in [1.54, 1.807) is 0 Å². The fourth-order valence-electron chi connectivity index (χ4n) is 0.475. The quantitative estimate of drug-likeness (QED) is 0.312. The largest absolute Gasteiger partial charge is 0.112 e. The molecule has 1 rings (SSSR count). The molecule has 0 saturated heterocycles. The highest BCUT2D eigenvalue weighted by Crippen LogP contribution is 1.91. The average Bonchev–Trinajstić information content (AvgIpc) is 1.69. The van der Waals surface area contributed by atoms with Crippen molar-refractivity contribution in [3.63, 3.8) is 0 Å². The van der Waals surface area contributed by atoms with Crippen LogP contribution in [0.25, 0.3) is 0 Å². The van der Waals surface area contributed by atoms with Gasteiger partial charge in [0.15, 0.2) is 0 Å². The molecule has 0 aromatic rings. The first-order valence-electron chi connectivity index (χ1n) is 2.30. The normalized spacial score (nSPS) is 14.7. The van der Waals surface area contributed by atoms with Crippen molar-refractivity contribution < 1.29 is 0 Å². The van der Waals surface area contributed by atoms with Gasteiger partial charge >= 0.3 is 0 Å². The van der Waals surface area contributed by atoms with E-state index in [1.807, 2.05) is 13.0 Å². The van der Waals surface area contributed by atoms with Gasteiger partial charge in [-0.15, -0.1) is 5.73 Å². The van der Waals surface area contributed by atoms with Crippen molar-refractivity contribution in [2.24, 2.45) is 0 Å². The maximum Gasteiger partial charge on any atom is 0.0404 e. The van der Waals surface area contributed by atoms with E-state index in [2.05, 4.69) is 17.6 Å². The Morgan fingerprint density at radius 2 is 2.57 bits per heavy atom. The second kappa shape index (κ2) is 1.69. The summed E-state index contributed by atoms with van der Waals surface area (Å²) < 4.78 is 0. The Morgan fingerprint density at radius 1 is 1.71 bits per heavy atom. The van der Waals surface area contributed by atoms with Gasteiger partial charge in [0.25, 0.3) is 0 Å². The zero-order valence-corrected chi connectivity index (χ0v) is 4.28. The Labute approximate surface area is 43.5 Å². The van der Waals surface area contributed by atoms with Gasteiger partial charge in [-0.3, -0.25) is 0 Å². The molecule has 0 heteroatoms. The summed E-state index contributed by atoms with van der Waals surface area (Å²) in [5.74, 6) is 5.84. The minimum atomic E-state index is 0.872. The molecular weight excluding hydrogens is 84.1 g/mol. The molecule has 0 heterocycles. The summed E-state index contributed by atoms with van der Waals surface area (Å²) in [5.41, 5.74) is 4.05. The molecule has 0 N–H and O–H groups in total. The van der Waals surface area contributed by atoms with Crippen molar-refractivity contribution in [1.29, 1.82) is 0 Å². The lowest BCUT2D eigenvalue weighted by atomic mass is 10.2. The van der Waals surface area contributed by atoms with Crippen LogP contribution in [0.5, 0.6) is 0 Å². The van der Waals surface area contributed by atoms with Crippen molar-refractivity contribution >= 4 is 0 Å². The molecule has 0 aliphatic heterocycles. The highest BCUT2D eigenvalue weighted by molar-refractivity contribution is 5.30. The first kappa shape index (κ1) is 4.24. The van der Waals surface area contributed by atoms with E-state index < -0.39 is 0 Å². The molecule has 0 aromatic heterocycles. The van der Waals surface area contributed by atoms with Crippen molar-refractivity contribution in [2.45, 2.75) is 13.3 Å². The molecule has 0 bridgehead atoms. The van der Waals surface area contributed by atoms with Gasteiger partial charge in [-0.1, -0.05) is 11.8 Å². The third kappa shape index (κ3) is 0.961.